The Hall–Kier alpha value is -2.61. The summed E-state index contributed by atoms with van der Waals surface area (Å²) in [5.74, 6) is -1.86. The van der Waals surface area contributed by atoms with Crippen LogP contribution in [0.1, 0.15) is 17.2 Å². The number of nitrogens with one attached hydrogen (secondary N) is 1. The summed E-state index contributed by atoms with van der Waals surface area (Å²) in [6.45, 7) is 0. The quantitative estimate of drug-likeness (QED) is 0.551. The highest BCUT2D eigenvalue weighted by Crippen LogP contribution is 2.33. The van der Waals surface area contributed by atoms with Crippen LogP contribution in [0.2, 0.25) is 0 Å². The SMILES string of the molecule is COC(=O)C(NC(=O)/C=C(/c1ccccc1)C(F)(F)F)c1ccc(Br)cc1. The summed E-state index contributed by atoms with van der Waals surface area (Å²) in [6, 6.07) is 12.1. The van der Waals surface area contributed by atoms with Crippen molar-refractivity contribution >= 4 is 33.4 Å². The molecule has 0 aliphatic carbocycles. The summed E-state index contributed by atoms with van der Waals surface area (Å²) in [6.07, 6.45) is -4.30. The van der Waals surface area contributed by atoms with E-state index < -0.39 is 29.7 Å². The van der Waals surface area contributed by atoms with Gasteiger partial charge in [0.05, 0.1) is 12.7 Å². The third-order valence-electron chi connectivity index (χ3n) is 3.59. The molecule has 0 aliphatic rings. The number of carbonyl (C=O) groups is 2. The van der Waals surface area contributed by atoms with Crippen LogP contribution >= 0.6 is 15.9 Å². The Kier molecular flexibility index (Phi) is 6.79. The minimum atomic E-state index is -4.74. The van der Waals surface area contributed by atoms with Gasteiger partial charge in [-0.25, -0.2) is 4.79 Å². The van der Waals surface area contributed by atoms with Crippen LogP contribution < -0.4 is 5.32 Å². The molecule has 0 aromatic heterocycles. The van der Waals surface area contributed by atoms with Gasteiger partial charge in [0.25, 0.3) is 0 Å². The Morgan fingerprint density at radius 3 is 2.19 bits per heavy atom. The lowest BCUT2D eigenvalue weighted by molar-refractivity contribution is -0.144. The molecule has 0 spiro atoms. The number of amides is 1. The predicted molar refractivity (Wildman–Crippen MR) is 97.5 cm³/mol. The van der Waals surface area contributed by atoms with Crippen molar-refractivity contribution in [3.63, 3.8) is 0 Å². The van der Waals surface area contributed by atoms with Crippen LogP contribution in [0.25, 0.3) is 5.57 Å². The lowest BCUT2D eigenvalue weighted by Crippen LogP contribution is -2.34. The molecule has 4 nitrogen and oxygen atoms in total. The molecule has 2 aromatic rings. The second-order valence-corrected chi connectivity index (χ2v) is 6.35. The first-order valence-electron chi connectivity index (χ1n) is 7.70. The Labute approximate surface area is 162 Å². The van der Waals surface area contributed by atoms with Crippen molar-refractivity contribution in [2.45, 2.75) is 12.2 Å². The molecule has 0 fully saturated rings. The Morgan fingerprint density at radius 2 is 1.67 bits per heavy atom. The van der Waals surface area contributed by atoms with E-state index in [4.69, 9.17) is 0 Å². The number of allylic oxidation sites excluding steroid dienone is 1. The topological polar surface area (TPSA) is 55.4 Å². The summed E-state index contributed by atoms with van der Waals surface area (Å²) in [5, 5.41) is 2.27. The van der Waals surface area contributed by atoms with Gasteiger partial charge in [0, 0.05) is 10.5 Å². The first-order valence-corrected chi connectivity index (χ1v) is 8.49. The monoisotopic (exact) mass is 441 g/mol. The molecule has 2 rings (SSSR count). The maximum atomic E-state index is 13.4. The highest BCUT2D eigenvalue weighted by molar-refractivity contribution is 9.10. The van der Waals surface area contributed by atoms with Crippen molar-refractivity contribution in [2.24, 2.45) is 0 Å². The van der Waals surface area contributed by atoms with Gasteiger partial charge >= 0.3 is 12.1 Å². The molecule has 1 amide bonds. The largest absolute Gasteiger partial charge is 0.467 e. The number of rotatable bonds is 5. The molecule has 0 aliphatic heterocycles. The third-order valence-corrected chi connectivity index (χ3v) is 4.12. The minimum absolute atomic E-state index is 0.154. The standard InChI is InChI=1S/C19H15BrF3NO3/c1-27-18(26)17(13-7-9-14(20)10-8-13)24-16(25)11-15(19(21,22)23)12-5-3-2-4-6-12/h2-11,17H,1H3,(H,24,25)/b15-11-. The van der Waals surface area contributed by atoms with Gasteiger partial charge in [-0.15, -0.1) is 0 Å². The molecule has 0 radical (unpaired) electrons. The van der Waals surface area contributed by atoms with Crippen LogP contribution in [0.3, 0.4) is 0 Å². The lowest BCUT2D eigenvalue weighted by Gasteiger charge is -2.17. The highest BCUT2D eigenvalue weighted by Gasteiger charge is 2.35. The molecule has 142 valence electrons. The normalized spacial score (nSPS) is 13.0. The Balaban J connectivity index is 2.33. The van der Waals surface area contributed by atoms with Crippen molar-refractivity contribution in [3.8, 4) is 0 Å². The summed E-state index contributed by atoms with van der Waals surface area (Å²) < 4.78 is 45.4. The van der Waals surface area contributed by atoms with Crippen LogP contribution in [0.4, 0.5) is 13.2 Å². The number of benzene rings is 2. The maximum absolute atomic E-state index is 13.4. The van der Waals surface area contributed by atoms with Gasteiger partial charge in [-0.2, -0.15) is 13.2 Å². The van der Waals surface area contributed by atoms with Crippen molar-refractivity contribution in [1.29, 1.82) is 0 Å². The lowest BCUT2D eigenvalue weighted by atomic mass is 10.0. The predicted octanol–water partition coefficient (Wildman–Crippen LogP) is 4.43. The average molecular weight is 442 g/mol. The van der Waals surface area contributed by atoms with Gasteiger partial charge in [0.1, 0.15) is 0 Å². The first kappa shape index (κ1) is 20.7. The number of hydrogen-bond donors (Lipinski definition) is 1. The highest BCUT2D eigenvalue weighted by atomic mass is 79.9. The smallest absolute Gasteiger partial charge is 0.417 e. The fourth-order valence-corrected chi connectivity index (χ4v) is 2.58. The molecule has 1 atom stereocenters. The Bertz CT molecular complexity index is 834. The first-order chi connectivity index (χ1) is 12.7. The van der Waals surface area contributed by atoms with Crippen LogP contribution in [-0.4, -0.2) is 25.2 Å². The van der Waals surface area contributed by atoms with Crippen molar-refractivity contribution in [3.05, 3.63) is 76.3 Å². The summed E-state index contributed by atoms with van der Waals surface area (Å²) in [4.78, 5) is 24.2. The van der Waals surface area contributed by atoms with Crippen molar-refractivity contribution in [2.75, 3.05) is 7.11 Å². The number of halogens is 4. The van der Waals surface area contributed by atoms with Crippen LogP contribution in [0.15, 0.2) is 65.1 Å². The van der Waals surface area contributed by atoms with E-state index in [1.54, 1.807) is 30.3 Å². The molecule has 2 aromatic carbocycles. The zero-order valence-electron chi connectivity index (χ0n) is 14.1. The molecule has 1 N–H and O–H groups in total. The van der Waals surface area contributed by atoms with Crippen LogP contribution in [-0.2, 0) is 14.3 Å². The van der Waals surface area contributed by atoms with E-state index in [2.05, 4.69) is 26.0 Å². The molecule has 0 heterocycles. The second-order valence-electron chi connectivity index (χ2n) is 5.44. The zero-order chi connectivity index (χ0) is 20.0. The summed E-state index contributed by atoms with van der Waals surface area (Å²) in [7, 11) is 1.13. The molecule has 27 heavy (non-hydrogen) atoms. The second kappa shape index (κ2) is 8.85. The number of esters is 1. The van der Waals surface area contributed by atoms with Gasteiger partial charge in [-0.05, 0) is 23.3 Å². The van der Waals surface area contributed by atoms with E-state index in [-0.39, 0.29) is 5.56 Å². The molecular formula is C19H15BrF3NO3. The van der Waals surface area contributed by atoms with Gasteiger partial charge in [-0.1, -0.05) is 58.4 Å². The Morgan fingerprint density at radius 1 is 1.07 bits per heavy atom. The molecular weight excluding hydrogens is 427 g/mol. The van der Waals surface area contributed by atoms with Gasteiger partial charge < -0.3 is 10.1 Å². The number of ether oxygens (including phenoxy) is 1. The number of alkyl halides is 3. The molecule has 0 saturated carbocycles. The number of carbonyl (C=O) groups excluding carboxylic acids is 2. The third kappa shape index (κ3) is 5.68. The van der Waals surface area contributed by atoms with E-state index in [0.717, 1.165) is 11.6 Å². The molecule has 8 heteroatoms. The number of hydrogen-bond acceptors (Lipinski definition) is 3. The molecule has 0 bridgehead atoms. The average Bonchev–Trinajstić information content (AvgIpc) is 2.64. The minimum Gasteiger partial charge on any atom is -0.467 e. The number of methoxy groups -OCH3 is 1. The summed E-state index contributed by atoms with van der Waals surface area (Å²) in [5.41, 5.74) is -0.890. The molecule has 1 unspecified atom stereocenters. The van der Waals surface area contributed by atoms with Crippen molar-refractivity contribution in [1.82, 2.24) is 5.32 Å². The van der Waals surface area contributed by atoms with E-state index >= 15 is 0 Å². The van der Waals surface area contributed by atoms with E-state index in [0.29, 0.717) is 11.6 Å². The van der Waals surface area contributed by atoms with E-state index in [1.165, 1.54) is 24.3 Å². The van der Waals surface area contributed by atoms with Crippen LogP contribution in [0, 0.1) is 0 Å². The van der Waals surface area contributed by atoms with Crippen molar-refractivity contribution < 1.29 is 27.5 Å². The van der Waals surface area contributed by atoms with Gasteiger partial charge in [0.2, 0.25) is 5.91 Å². The van der Waals surface area contributed by atoms with Gasteiger partial charge in [-0.3, -0.25) is 4.79 Å². The fourth-order valence-electron chi connectivity index (χ4n) is 2.31. The van der Waals surface area contributed by atoms with Gasteiger partial charge in [0.15, 0.2) is 6.04 Å². The fraction of sp³-hybridized carbons (Fsp3) is 0.158. The van der Waals surface area contributed by atoms with E-state index in [9.17, 15) is 22.8 Å². The zero-order valence-corrected chi connectivity index (χ0v) is 15.7. The molecule has 0 saturated heterocycles. The van der Waals surface area contributed by atoms with Crippen LogP contribution in [0.5, 0.6) is 0 Å². The summed E-state index contributed by atoms with van der Waals surface area (Å²) >= 11 is 3.24. The maximum Gasteiger partial charge on any atom is 0.417 e. The van der Waals surface area contributed by atoms with E-state index in [1.807, 2.05) is 0 Å².